The summed E-state index contributed by atoms with van der Waals surface area (Å²) in [5.74, 6) is 3.23. The zero-order valence-corrected chi connectivity index (χ0v) is 26.6. The van der Waals surface area contributed by atoms with Crippen LogP contribution in [0.4, 0.5) is 4.79 Å². The number of nitrogens with two attached hydrogens (primary N) is 1. The smallest absolute Gasteiger partial charge is 0.407 e. The highest BCUT2D eigenvalue weighted by Gasteiger charge is 2.50. The maximum Gasteiger partial charge on any atom is 0.407 e. The van der Waals surface area contributed by atoms with Gasteiger partial charge in [0.15, 0.2) is 0 Å². The second-order valence-corrected chi connectivity index (χ2v) is 14.0. The monoisotopic (exact) mass is 554 g/mol. The van der Waals surface area contributed by atoms with Gasteiger partial charge in [0.05, 0.1) is 0 Å². The quantitative estimate of drug-likeness (QED) is 0.198. The Balaban J connectivity index is 1.49. The van der Waals surface area contributed by atoms with E-state index >= 15 is 0 Å². The third kappa shape index (κ3) is 9.78. The third-order valence-corrected chi connectivity index (χ3v) is 10.5. The Hall–Kier alpha value is -1.55. The fourth-order valence-electron chi connectivity index (χ4n) is 8.11. The standard InChI is InChI=1S/C36H62N2O2/c1-27(2)14-12-15-29(4)33-21-22-34-30(16-13-23-36(33,34)5)18-19-31-26-32(20-17-28(31)3)40-35(39)38-25-11-9-7-6-8-10-24-37/h18-19,27,29,32-34H,3,6-17,20-26,37H2,1-2,4-5H3,(H,38,39)/b30-18+,31-19-/t29-,32+,33-,34+,36-/m1/s1. The number of fused-ring (bicyclic) bond motifs is 1. The normalized spacial score (nSPS) is 29.6. The number of rotatable bonds is 15. The van der Waals surface area contributed by atoms with Gasteiger partial charge in [-0.25, -0.2) is 4.79 Å². The molecule has 3 fully saturated rings. The van der Waals surface area contributed by atoms with Crippen molar-refractivity contribution in [3.8, 4) is 0 Å². The summed E-state index contributed by atoms with van der Waals surface area (Å²) in [7, 11) is 0. The van der Waals surface area contributed by atoms with E-state index in [1.165, 1.54) is 81.8 Å². The number of hydrogen-bond acceptors (Lipinski definition) is 3. The summed E-state index contributed by atoms with van der Waals surface area (Å²) in [6.45, 7) is 15.7. The highest BCUT2D eigenvalue weighted by molar-refractivity contribution is 5.67. The van der Waals surface area contributed by atoms with E-state index in [4.69, 9.17) is 10.5 Å². The van der Waals surface area contributed by atoms with Crippen molar-refractivity contribution in [2.24, 2.45) is 34.8 Å². The molecule has 0 aromatic rings. The minimum Gasteiger partial charge on any atom is -0.446 e. The molecule has 0 aliphatic heterocycles. The maximum atomic E-state index is 12.4. The highest BCUT2D eigenvalue weighted by Crippen LogP contribution is 2.60. The molecule has 1 amide bonds. The van der Waals surface area contributed by atoms with Crippen LogP contribution in [0.15, 0.2) is 35.5 Å². The van der Waals surface area contributed by atoms with Crippen LogP contribution >= 0.6 is 0 Å². The van der Waals surface area contributed by atoms with E-state index in [9.17, 15) is 4.79 Å². The number of amides is 1. The van der Waals surface area contributed by atoms with Gasteiger partial charge in [-0.1, -0.05) is 103 Å². The number of allylic oxidation sites excluding steroid dienone is 4. The second-order valence-electron chi connectivity index (χ2n) is 14.0. The van der Waals surface area contributed by atoms with Gasteiger partial charge >= 0.3 is 6.09 Å². The lowest BCUT2D eigenvalue weighted by molar-refractivity contribution is 0.0892. The molecule has 4 nitrogen and oxygen atoms in total. The Morgan fingerprint density at radius 1 is 1.02 bits per heavy atom. The van der Waals surface area contributed by atoms with Crippen molar-refractivity contribution >= 4 is 6.09 Å². The molecule has 0 aromatic carbocycles. The summed E-state index contributed by atoms with van der Waals surface area (Å²) in [6, 6.07) is 0. The van der Waals surface area contributed by atoms with Gasteiger partial charge in [0, 0.05) is 13.0 Å². The maximum absolute atomic E-state index is 12.4. The number of carbonyl (C=O) groups is 1. The van der Waals surface area contributed by atoms with Crippen LogP contribution in [0.5, 0.6) is 0 Å². The third-order valence-electron chi connectivity index (χ3n) is 10.5. The van der Waals surface area contributed by atoms with E-state index in [2.05, 4.69) is 51.7 Å². The molecule has 0 unspecified atom stereocenters. The molecule has 3 rings (SSSR count). The van der Waals surface area contributed by atoms with Gasteiger partial charge in [-0.3, -0.25) is 0 Å². The molecular weight excluding hydrogens is 492 g/mol. The first-order chi connectivity index (χ1) is 19.2. The van der Waals surface area contributed by atoms with Crippen LogP contribution in [0.3, 0.4) is 0 Å². The van der Waals surface area contributed by atoms with E-state index in [1.807, 2.05) is 0 Å². The van der Waals surface area contributed by atoms with Crippen molar-refractivity contribution in [1.82, 2.24) is 5.32 Å². The summed E-state index contributed by atoms with van der Waals surface area (Å²) in [6.07, 6.45) is 24.8. The predicted octanol–water partition coefficient (Wildman–Crippen LogP) is 9.65. The Kier molecular flexibility index (Phi) is 13.8. The van der Waals surface area contributed by atoms with Crippen LogP contribution in [-0.4, -0.2) is 25.3 Å². The molecule has 3 aliphatic carbocycles. The summed E-state index contributed by atoms with van der Waals surface area (Å²) in [5.41, 5.74) is 10.2. The zero-order valence-electron chi connectivity index (χ0n) is 26.6. The number of unbranched alkanes of at least 4 members (excludes halogenated alkanes) is 5. The lowest BCUT2D eigenvalue weighted by atomic mass is 9.60. The fraction of sp³-hybridized carbons (Fsp3) is 0.806. The molecule has 40 heavy (non-hydrogen) atoms. The Morgan fingerprint density at radius 3 is 2.52 bits per heavy atom. The summed E-state index contributed by atoms with van der Waals surface area (Å²) >= 11 is 0. The Labute approximate surface area is 247 Å². The van der Waals surface area contributed by atoms with Crippen LogP contribution in [0, 0.1) is 29.1 Å². The number of hydrogen-bond donors (Lipinski definition) is 2. The van der Waals surface area contributed by atoms with Gasteiger partial charge in [0.1, 0.15) is 6.10 Å². The number of alkyl carbamates (subject to hydrolysis) is 1. The first-order valence-corrected chi connectivity index (χ1v) is 17.0. The number of ether oxygens (including phenoxy) is 1. The molecule has 0 aromatic heterocycles. The summed E-state index contributed by atoms with van der Waals surface area (Å²) in [5, 5.41) is 2.97. The van der Waals surface area contributed by atoms with E-state index in [0.29, 0.717) is 12.0 Å². The molecule has 3 N–H and O–H groups in total. The molecule has 0 saturated heterocycles. The molecule has 5 atom stereocenters. The van der Waals surface area contributed by atoms with E-state index in [0.717, 1.165) is 68.7 Å². The van der Waals surface area contributed by atoms with Gasteiger partial charge in [-0.15, -0.1) is 0 Å². The van der Waals surface area contributed by atoms with Crippen molar-refractivity contribution in [2.75, 3.05) is 13.1 Å². The molecule has 0 radical (unpaired) electrons. The number of carbonyl (C=O) groups excluding carboxylic acids is 1. The molecule has 0 bridgehead atoms. The fourth-order valence-corrected chi connectivity index (χ4v) is 8.11. The summed E-state index contributed by atoms with van der Waals surface area (Å²) in [4.78, 5) is 12.4. The van der Waals surface area contributed by atoms with Gasteiger partial charge in [-0.2, -0.15) is 0 Å². The Morgan fingerprint density at radius 2 is 1.77 bits per heavy atom. The van der Waals surface area contributed by atoms with Crippen LogP contribution in [0.25, 0.3) is 0 Å². The molecule has 0 heterocycles. The minimum absolute atomic E-state index is 0.0504. The van der Waals surface area contributed by atoms with Crippen LogP contribution in [0.1, 0.15) is 137 Å². The average Bonchev–Trinajstić information content (AvgIpc) is 3.28. The lowest BCUT2D eigenvalue weighted by Crippen LogP contribution is -2.36. The average molecular weight is 555 g/mol. The highest BCUT2D eigenvalue weighted by atomic mass is 16.6. The van der Waals surface area contributed by atoms with E-state index in [1.54, 1.807) is 5.57 Å². The zero-order chi connectivity index (χ0) is 29.0. The van der Waals surface area contributed by atoms with Crippen LogP contribution < -0.4 is 11.1 Å². The van der Waals surface area contributed by atoms with Gasteiger partial charge < -0.3 is 15.8 Å². The SMILES string of the molecule is C=C1CC[C@H](OC(=O)NCCCCCCCCN)C/C1=C/C=C1\CCC[C@]2(C)[C@@H]([C@H](C)CCCC(C)C)CC[C@@H]12. The van der Waals surface area contributed by atoms with Crippen LogP contribution in [-0.2, 0) is 4.74 Å². The van der Waals surface area contributed by atoms with E-state index < -0.39 is 0 Å². The Bertz CT molecular complexity index is 859. The molecular formula is C36H62N2O2. The largest absolute Gasteiger partial charge is 0.446 e. The van der Waals surface area contributed by atoms with Crippen molar-refractivity contribution in [3.63, 3.8) is 0 Å². The van der Waals surface area contributed by atoms with Crippen molar-refractivity contribution < 1.29 is 9.53 Å². The van der Waals surface area contributed by atoms with Gasteiger partial charge in [0.25, 0.3) is 0 Å². The molecule has 3 aliphatic rings. The molecule has 4 heteroatoms. The van der Waals surface area contributed by atoms with Gasteiger partial charge in [0.2, 0.25) is 0 Å². The first kappa shape index (κ1) is 33.0. The van der Waals surface area contributed by atoms with Crippen molar-refractivity contribution in [1.29, 1.82) is 0 Å². The predicted molar refractivity (Wildman–Crippen MR) is 170 cm³/mol. The molecule has 3 saturated carbocycles. The lowest BCUT2D eigenvalue weighted by Gasteiger charge is -2.44. The van der Waals surface area contributed by atoms with Crippen molar-refractivity contribution in [2.45, 2.75) is 143 Å². The first-order valence-electron chi connectivity index (χ1n) is 17.0. The minimum atomic E-state index is -0.263. The molecule has 228 valence electrons. The number of nitrogens with one attached hydrogen (secondary N) is 1. The second kappa shape index (κ2) is 16.8. The van der Waals surface area contributed by atoms with Crippen LogP contribution in [0.2, 0.25) is 0 Å². The summed E-state index contributed by atoms with van der Waals surface area (Å²) < 4.78 is 5.83. The topological polar surface area (TPSA) is 64.3 Å². The van der Waals surface area contributed by atoms with Crippen molar-refractivity contribution in [3.05, 3.63) is 35.5 Å². The molecule has 0 spiro atoms. The van der Waals surface area contributed by atoms with E-state index in [-0.39, 0.29) is 12.2 Å². The van der Waals surface area contributed by atoms with Gasteiger partial charge in [-0.05, 0) is 99.0 Å².